The third-order valence-electron chi connectivity index (χ3n) is 4.20. The van der Waals surface area contributed by atoms with E-state index < -0.39 is 5.60 Å². The Hall–Kier alpha value is -0.930. The Morgan fingerprint density at radius 3 is 2.45 bits per heavy atom. The Labute approximate surface area is 126 Å². The summed E-state index contributed by atoms with van der Waals surface area (Å²) in [6.07, 6.45) is 8.85. The van der Waals surface area contributed by atoms with Crippen LogP contribution in [0, 0.1) is 0 Å². The molecule has 3 heteroatoms. The van der Waals surface area contributed by atoms with E-state index in [1.54, 1.807) is 25.1 Å². The molecule has 0 heterocycles. The first-order valence-corrected chi connectivity index (χ1v) is 8.08. The van der Waals surface area contributed by atoms with Crippen molar-refractivity contribution in [3.8, 4) is 0 Å². The fraction of sp³-hybridized carbons (Fsp3) is 0.529. The summed E-state index contributed by atoms with van der Waals surface area (Å²) in [7, 11) is 1.65. The van der Waals surface area contributed by atoms with Gasteiger partial charge in [0.1, 0.15) is 0 Å². The van der Waals surface area contributed by atoms with Crippen molar-refractivity contribution < 1.29 is 9.84 Å². The molecule has 1 aromatic rings. The number of methoxy groups -OCH3 is 1. The molecule has 0 bridgehead atoms. The molecular formula is C17H24O2S. The molecule has 1 unspecified atom stereocenters. The van der Waals surface area contributed by atoms with Crippen LogP contribution in [0.3, 0.4) is 0 Å². The van der Waals surface area contributed by atoms with Gasteiger partial charge in [-0.3, -0.25) is 0 Å². The first kappa shape index (κ1) is 15.5. The molecule has 0 radical (unpaired) electrons. The van der Waals surface area contributed by atoms with E-state index in [1.807, 2.05) is 24.3 Å². The molecule has 110 valence electrons. The summed E-state index contributed by atoms with van der Waals surface area (Å²) in [5.74, 6) is 0. The number of hydrogen-bond acceptors (Lipinski definition) is 3. The lowest BCUT2D eigenvalue weighted by molar-refractivity contribution is -0.0146. The van der Waals surface area contributed by atoms with Crippen LogP contribution < -0.4 is 0 Å². The molecule has 0 aromatic heterocycles. The van der Waals surface area contributed by atoms with Crippen molar-refractivity contribution in [2.24, 2.45) is 0 Å². The van der Waals surface area contributed by atoms with E-state index in [0.29, 0.717) is 0 Å². The maximum Gasteiger partial charge on any atom is 0.0830 e. The molecule has 1 N–H and O–H groups in total. The summed E-state index contributed by atoms with van der Waals surface area (Å²) >= 11 is 1.72. The number of thioether (sulfide) groups is 1. The van der Waals surface area contributed by atoms with Gasteiger partial charge in [-0.05, 0) is 38.0 Å². The number of benzene rings is 1. The van der Waals surface area contributed by atoms with E-state index in [0.717, 1.165) is 25.7 Å². The van der Waals surface area contributed by atoms with Crippen LogP contribution >= 0.6 is 11.8 Å². The van der Waals surface area contributed by atoms with E-state index in [4.69, 9.17) is 4.74 Å². The number of ether oxygens (including phenoxy) is 1. The second-order valence-electron chi connectivity index (χ2n) is 5.65. The SMILES string of the molecule is COC=CC(C)(Sc1ccccc1)C1(O)CCCCC1. The van der Waals surface area contributed by atoms with Gasteiger partial charge in [0.25, 0.3) is 0 Å². The Bertz CT molecular complexity index is 438. The molecule has 2 rings (SSSR count). The van der Waals surface area contributed by atoms with E-state index in [9.17, 15) is 5.11 Å². The molecule has 20 heavy (non-hydrogen) atoms. The summed E-state index contributed by atoms with van der Waals surface area (Å²) in [6.45, 7) is 2.12. The van der Waals surface area contributed by atoms with Gasteiger partial charge >= 0.3 is 0 Å². The van der Waals surface area contributed by atoms with Gasteiger partial charge in [0.2, 0.25) is 0 Å². The average molecular weight is 292 g/mol. The zero-order valence-electron chi connectivity index (χ0n) is 12.3. The van der Waals surface area contributed by atoms with Crippen molar-refractivity contribution in [1.29, 1.82) is 0 Å². The van der Waals surface area contributed by atoms with Crippen LogP contribution in [0.25, 0.3) is 0 Å². The second kappa shape index (κ2) is 6.68. The van der Waals surface area contributed by atoms with Crippen LogP contribution in [0.1, 0.15) is 39.0 Å². The molecule has 0 aliphatic heterocycles. The van der Waals surface area contributed by atoms with Crippen LogP contribution in [-0.4, -0.2) is 22.6 Å². The molecule has 1 fully saturated rings. The Morgan fingerprint density at radius 1 is 1.20 bits per heavy atom. The Morgan fingerprint density at radius 2 is 1.85 bits per heavy atom. The zero-order chi connectivity index (χ0) is 14.5. The van der Waals surface area contributed by atoms with Gasteiger partial charge in [-0.15, -0.1) is 11.8 Å². The molecular weight excluding hydrogens is 268 g/mol. The minimum atomic E-state index is -0.666. The van der Waals surface area contributed by atoms with Crippen molar-refractivity contribution in [2.45, 2.75) is 54.3 Å². The van der Waals surface area contributed by atoms with Crippen molar-refractivity contribution in [1.82, 2.24) is 0 Å². The fourth-order valence-corrected chi connectivity index (χ4v) is 4.15. The molecule has 1 aromatic carbocycles. The van der Waals surface area contributed by atoms with Gasteiger partial charge in [-0.2, -0.15) is 0 Å². The van der Waals surface area contributed by atoms with Gasteiger partial charge < -0.3 is 9.84 Å². The number of aliphatic hydroxyl groups is 1. The molecule has 1 atom stereocenters. The normalized spacial score (nSPS) is 21.6. The highest BCUT2D eigenvalue weighted by atomic mass is 32.2. The highest BCUT2D eigenvalue weighted by molar-refractivity contribution is 8.01. The first-order chi connectivity index (χ1) is 9.60. The molecule has 1 aliphatic rings. The van der Waals surface area contributed by atoms with E-state index in [2.05, 4.69) is 19.1 Å². The van der Waals surface area contributed by atoms with Crippen molar-refractivity contribution >= 4 is 11.8 Å². The molecule has 1 aliphatic carbocycles. The van der Waals surface area contributed by atoms with Crippen molar-refractivity contribution in [3.05, 3.63) is 42.7 Å². The lowest BCUT2D eigenvalue weighted by Crippen LogP contribution is -2.49. The lowest BCUT2D eigenvalue weighted by Gasteiger charge is -2.45. The Kier molecular flexibility index (Phi) is 5.17. The van der Waals surface area contributed by atoms with E-state index >= 15 is 0 Å². The van der Waals surface area contributed by atoms with Crippen LogP contribution in [0.15, 0.2) is 47.6 Å². The van der Waals surface area contributed by atoms with Gasteiger partial charge in [-0.25, -0.2) is 0 Å². The highest BCUT2D eigenvalue weighted by Gasteiger charge is 2.46. The first-order valence-electron chi connectivity index (χ1n) is 7.27. The summed E-state index contributed by atoms with van der Waals surface area (Å²) in [4.78, 5) is 1.18. The van der Waals surface area contributed by atoms with Gasteiger partial charge in [0.15, 0.2) is 0 Å². The van der Waals surface area contributed by atoms with Crippen molar-refractivity contribution in [2.75, 3.05) is 7.11 Å². The maximum absolute atomic E-state index is 11.2. The maximum atomic E-state index is 11.2. The van der Waals surface area contributed by atoms with E-state index in [-0.39, 0.29) is 4.75 Å². The molecule has 0 amide bonds. The lowest BCUT2D eigenvalue weighted by atomic mass is 9.76. The molecule has 1 saturated carbocycles. The second-order valence-corrected chi connectivity index (χ2v) is 7.18. The molecule has 0 spiro atoms. The molecule has 2 nitrogen and oxygen atoms in total. The van der Waals surface area contributed by atoms with E-state index in [1.165, 1.54) is 11.3 Å². The van der Waals surface area contributed by atoms with Crippen LogP contribution in [0.2, 0.25) is 0 Å². The minimum Gasteiger partial charge on any atom is -0.505 e. The topological polar surface area (TPSA) is 29.5 Å². The van der Waals surface area contributed by atoms with Crippen LogP contribution in [0.4, 0.5) is 0 Å². The van der Waals surface area contributed by atoms with Crippen LogP contribution in [-0.2, 0) is 4.74 Å². The minimum absolute atomic E-state index is 0.370. The smallest absolute Gasteiger partial charge is 0.0830 e. The number of rotatable bonds is 5. The standard InChI is InChI=1S/C17H24O2S/c1-16(13-14-19-2,17(18)11-7-4-8-12-17)20-15-9-5-3-6-10-15/h3,5-6,9-10,13-14,18H,4,7-8,11-12H2,1-2H3. The summed E-state index contributed by atoms with van der Waals surface area (Å²) in [6, 6.07) is 10.3. The predicted octanol–water partition coefficient (Wildman–Crippen LogP) is 4.39. The highest BCUT2D eigenvalue weighted by Crippen LogP contribution is 2.48. The van der Waals surface area contributed by atoms with Gasteiger partial charge in [0, 0.05) is 4.90 Å². The summed E-state index contributed by atoms with van der Waals surface area (Å²) in [5.41, 5.74) is -0.666. The third kappa shape index (κ3) is 3.39. The van der Waals surface area contributed by atoms with Crippen LogP contribution in [0.5, 0.6) is 0 Å². The number of hydrogen-bond donors (Lipinski definition) is 1. The van der Waals surface area contributed by atoms with Gasteiger partial charge in [0.05, 0.1) is 23.7 Å². The molecule has 0 saturated heterocycles. The summed E-state index contributed by atoms with van der Waals surface area (Å²) < 4.78 is 4.74. The quantitative estimate of drug-likeness (QED) is 0.644. The monoisotopic (exact) mass is 292 g/mol. The zero-order valence-corrected chi connectivity index (χ0v) is 13.2. The van der Waals surface area contributed by atoms with Gasteiger partial charge in [-0.1, -0.05) is 37.5 Å². The third-order valence-corrected chi connectivity index (χ3v) is 5.65. The average Bonchev–Trinajstić information content (AvgIpc) is 2.47. The summed E-state index contributed by atoms with van der Waals surface area (Å²) in [5, 5.41) is 11.2. The van der Waals surface area contributed by atoms with Crippen molar-refractivity contribution in [3.63, 3.8) is 0 Å². The predicted molar refractivity (Wildman–Crippen MR) is 84.9 cm³/mol. The largest absolute Gasteiger partial charge is 0.505 e. The fourth-order valence-electron chi connectivity index (χ4n) is 2.85. The Balaban J connectivity index is 2.27.